The van der Waals surface area contributed by atoms with Gasteiger partial charge in [-0.2, -0.15) is 11.8 Å². The Morgan fingerprint density at radius 2 is 2.55 bits per heavy atom. The van der Waals surface area contributed by atoms with Gasteiger partial charge in [0.2, 0.25) is 0 Å². The summed E-state index contributed by atoms with van der Waals surface area (Å²) in [6.07, 6.45) is 1.83. The molecule has 0 aliphatic carbocycles. The van der Waals surface area contributed by atoms with Crippen molar-refractivity contribution in [3.8, 4) is 0 Å². The molecule has 11 heavy (non-hydrogen) atoms. The predicted molar refractivity (Wildman–Crippen MR) is 50.9 cm³/mol. The quantitative estimate of drug-likeness (QED) is 0.658. The molecular formula is C9H16OS. The maximum absolute atomic E-state index is 9.65. The predicted octanol–water partition coefficient (Wildman–Crippen LogP) is 2.07. The minimum Gasteiger partial charge on any atom is -0.392 e. The van der Waals surface area contributed by atoms with Gasteiger partial charge in [-0.15, -0.1) is 6.58 Å². The number of aliphatic hydroxyl groups excluding tert-OH is 1. The lowest BCUT2D eigenvalue weighted by Gasteiger charge is -2.16. The third-order valence-electron chi connectivity index (χ3n) is 2.07. The molecule has 1 aliphatic heterocycles. The number of aliphatic hydroxyl groups is 1. The Morgan fingerprint density at radius 3 is 3.00 bits per heavy atom. The summed E-state index contributed by atoms with van der Waals surface area (Å²) < 4.78 is 0. The highest BCUT2D eigenvalue weighted by Crippen LogP contribution is 2.28. The van der Waals surface area contributed by atoms with Crippen LogP contribution in [-0.2, 0) is 0 Å². The highest BCUT2D eigenvalue weighted by molar-refractivity contribution is 7.99. The van der Waals surface area contributed by atoms with E-state index >= 15 is 0 Å². The summed E-state index contributed by atoms with van der Waals surface area (Å²) in [5, 5.41) is 9.65. The molecule has 1 nitrogen and oxygen atoms in total. The molecule has 64 valence electrons. The Labute approximate surface area is 72.9 Å². The Kier molecular flexibility index (Phi) is 3.46. The van der Waals surface area contributed by atoms with Gasteiger partial charge in [-0.25, -0.2) is 0 Å². The van der Waals surface area contributed by atoms with Gasteiger partial charge in [0.15, 0.2) is 0 Å². The van der Waals surface area contributed by atoms with Gasteiger partial charge in [0.05, 0.1) is 6.10 Å². The lowest BCUT2D eigenvalue weighted by Crippen LogP contribution is -2.19. The SMILES string of the molecule is C=C(C)CC(O)C1CCSC1. The van der Waals surface area contributed by atoms with Crippen LogP contribution in [0.2, 0.25) is 0 Å². The first kappa shape index (κ1) is 9.14. The third kappa shape index (κ3) is 2.88. The third-order valence-corrected chi connectivity index (χ3v) is 3.25. The van der Waals surface area contributed by atoms with Crippen LogP contribution in [0.1, 0.15) is 19.8 Å². The first-order valence-electron chi connectivity index (χ1n) is 4.10. The summed E-state index contributed by atoms with van der Waals surface area (Å²) in [6.45, 7) is 5.78. The number of hydrogen-bond acceptors (Lipinski definition) is 2. The molecule has 0 aromatic carbocycles. The van der Waals surface area contributed by atoms with Gasteiger partial charge < -0.3 is 5.11 Å². The molecule has 1 fully saturated rings. The zero-order chi connectivity index (χ0) is 8.27. The van der Waals surface area contributed by atoms with E-state index in [-0.39, 0.29) is 6.10 Å². The zero-order valence-corrected chi connectivity index (χ0v) is 7.86. The van der Waals surface area contributed by atoms with Crippen LogP contribution in [-0.4, -0.2) is 22.7 Å². The molecule has 0 saturated carbocycles. The van der Waals surface area contributed by atoms with Crippen LogP contribution in [0.4, 0.5) is 0 Å². The van der Waals surface area contributed by atoms with E-state index in [4.69, 9.17) is 0 Å². The Morgan fingerprint density at radius 1 is 1.82 bits per heavy atom. The summed E-state index contributed by atoms with van der Waals surface area (Å²) in [5.41, 5.74) is 1.09. The summed E-state index contributed by atoms with van der Waals surface area (Å²) in [7, 11) is 0. The van der Waals surface area contributed by atoms with Crippen molar-refractivity contribution in [2.75, 3.05) is 11.5 Å². The van der Waals surface area contributed by atoms with Crippen molar-refractivity contribution in [1.29, 1.82) is 0 Å². The van der Waals surface area contributed by atoms with Crippen molar-refractivity contribution in [3.05, 3.63) is 12.2 Å². The maximum Gasteiger partial charge on any atom is 0.0613 e. The number of hydrogen-bond donors (Lipinski definition) is 1. The number of rotatable bonds is 3. The fourth-order valence-corrected chi connectivity index (χ4v) is 2.71. The molecule has 1 rings (SSSR count). The molecule has 0 aromatic rings. The van der Waals surface area contributed by atoms with Crippen LogP contribution in [0, 0.1) is 5.92 Å². The van der Waals surface area contributed by atoms with E-state index in [1.807, 2.05) is 18.7 Å². The van der Waals surface area contributed by atoms with Gasteiger partial charge in [-0.05, 0) is 37.2 Å². The topological polar surface area (TPSA) is 20.2 Å². The summed E-state index contributed by atoms with van der Waals surface area (Å²) in [4.78, 5) is 0. The summed E-state index contributed by atoms with van der Waals surface area (Å²) in [5.74, 6) is 2.88. The summed E-state index contributed by atoms with van der Waals surface area (Å²) in [6, 6.07) is 0. The molecule has 1 heterocycles. The van der Waals surface area contributed by atoms with Crippen molar-refractivity contribution < 1.29 is 5.11 Å². The highest BCUT2D eigenvalue weighted by Gasteiger charge is 2.22. The monoisotopic (exact) mass is 172 g/mol. The van der Waals surface area contributed by atoms with Crippen LogP contribution < -0.4 is 0 Å². The Bertz CT molecular complexity index is 138. The highest BCUT2D eigenvalue weighted by atomic mass is 32.2. The van der Waals surface area contributed by atoms with E-state index in [1.54, 1.807) is 0 Å². The second-order valence-electron chi connectivity index (χ2n) is 3.35. The molecular weight excluding hydrogens is 156 g/mol. The second kappa shape index (κ2) is 4.17. The van der Waals surface area contributed by atoms with E-state index in [0.717, 1.165) is 17.7 Å². The fraction of sp³-hybridized carbons (Fsp3) is 0.778. The molecule has 0 radical (unpaired) electrons. The van der Waals surface area contributed by atoms with Crippen molar-refractivity contribution in [1.82, 2.24) is 0 Å². The average molecular weight is 172 g/mol. The normalized spacial score (nSPS) is 26.9. The van der Waals surface area contributed by atoms with Gasteiger partial charge in [-0.1, -0.05) is 5.57 Å². The standard InChI is InChI=1S/C9H16OS/c1-7(2)5-9(10)8-3-4-11-6-8/h8-10H,1,3-6H2,2H3. The van der Waals surface area contributed by atoms with E-state index in [1.165, 1.54) is 12.2 Å². The average Bonchev–Trinajstić information content (AvgIpc) is 2.35. The Balaban J connectivity index is 2.28. The smallest absolute Gasteiger partial charge is 0.0613 e. The van der Waals surface area contributed by atoms with Crippen LogP contribution in [0.3, 0.4) is 0 Å². The Hall–Kier alpha value is 0.0500. The zero-order valence-electron chi connectivity index (χ0n) is 7.05. The molecule has 0 aromatic heterocycles. The minimum absolute atomic E-state index is 0.137. The summed E-state index contributed by atoms with van der Waals surface area (Å²) >= 11 is 1.95. The lowest BCUT2D eigenvalue weighted by atomic mass is 9.97. The van der Waals surface area contributed by atoms with Crippen molar-refractivity contribution >= 4 is 11.8 Å². The molecule has 2 atom stereocenters. The van der Waals surface area contributed by atoms with Gasteiger partial charge in [-0.3, -0.25) is 0 Å². The van der Waals surface area contributed by atoms with E-state index in [0.29, 0.717) is 5.92 Å². The largest absolute Gasteiger partial charge is 0.392 e. The first-order chi connectivity index (χ1) is 5.20. The first-order valence-corrected chi connectivity index (χ1v) is 5.26. The van der Waals surface area contributed by atoms with E-state index in [9.17, 15) is 5.11 Å². The van der Waals surface area contributed by atoms with Crippen molar-refractivity contribution in [3.63, 3.8) is 0 Å². The van der Waals surface area contributed by atoms with Crippen LogP contribution in [0.15, 0.2) is 12.2 Å². The molecule has 1 aliphatic rings. The molecule has 0 spiro atoms. The second-order valence-corrected chi connectivity index (χ2v) is 4.50. The van der Waals surface area contributed by atoms with Crippen LogP contribution in [0.25, 0.3) is 0 Å². The molecule has 0 bridgehead atoms. The molecule has 2 unspecified atom stereocenters. The lowest BCUT2D eigenvalue weighted by molar-refractivity contribution is 0.120. The maximum atomic E-state index is 9.65. The molecule has 1 N–H and O–H groups in total. The molecule has 2 heteroatoms. The number of thioether (sulfide) groups is 1. The van der Waals surface area contributed by atoms with Crippen LogP contribution >= 0.6 is 11.8 Å². The van der Waals surface area contributed by atoms with Crippen LogP contribution in [0.5, 0.6) is 0 Å². The van der Waals surface area contributed by atoms with Crippen molar-refractivity contribution in [2.24, 2.45) is 5.92 Å². The van der Waals surface area contributed by atoms with Gasteiger partial charge in [0.25, 0.3) is 0 Å². The minimum atomic E-state index is -0.137. The van der Waals surface area contributed by atoms with Crippen molar-refractivity contribution in [2.45, 2.75) is 25.9 Å². The van der Waals surface area contributed by atoms with Gasteiger partial charge in [0, 0.05) is 0 Å². The van der Waals surface area contributed by atoms with E-state index < -0.39 is 0 Å². The van der Waals surface area contributed by atoms with Gasteiger partial charge in [0.1, 0.15) is 0 Å². The van der Waals surface area contributed by atoms with Gasteiger partial charge >= 0.3 is 0 Å². The molecule has 0 amide bonds. The fourth-order valence-electron chi connectivity index (χ4n) is 1.38. The van der Waals surface area contributed by atoms with E-state index in [2.05, 4.69) is 6.58 Å². The molecule has 1 saturated heterocycles.